The van der Waals surface area contributed by atoms with Crippen LogP contribution in [0.5, 0.6) is 0 Å². The second kappa shape index (κ2) is 6.78. The van der Waals surface area contributed by atoms with Crippen LogP contribution in [0, 0.1) is 5.41 Å². The van der Waals surface area contributed by atoms with Gasteiger partial charge < -0.3 is 0 Å². The predicted octanol–water partition coefficient (Wildman–Crippen LogP) is 3.34. The first-order chi connectivity index (χ1) is 9.74. The maximum Gasteiger partial charge on any atom is 0.211 e. The summed E-state index contributed by atoms with van der Waals surface area (Å²) in [5, 5.41) is 0. The Kier molecular flexibility index (Phi) is 6.13. The van der Waals surface area contributed by atoms with Gasteiger partial charge in [-0.3, -0.25) is 4.90 Å². The number of hydrogen-bond donors (Lipinski definition) is 0. The predicted molar refractivity (Wildman–Crippen MR) is 94.6 cm³/mol. The number of hydrogen-bond acceptors (Lipinski definition) is 3. The van der Waals surface area contributed by atoms with Crippen LogP contribution in [0.25, 0.3) is 0 Å². The van der Waals surface area contributed by atoms with Gasteiger partial charge in [-0.15, -0.1) is 0 Å². The van der Waals surface area contributed by atoms with Gasteiger partial charge in [0.05, 0.1) is 6.26 Å². The van der Waals surface area contributed by atoms with Crippen LogP contribution in [0.15, 0.2) is 0 Å². The Balaban J connectivity index is 3.00. The van der Waals surface area contributed by atoms with Crippen molar-refractivity contribution in [3.05, 3.63) is 0 Å². The largest absolute Gasteiger partial charge is 0.296 e. The molecule has 2 atom stereocenters. The van der Waals surface area contributed by atoms with Gasteiger partial charge in [0, 0.05) is 24.2 Å². The van der Waals surface area contributed by atoms with E-state index in [1.165, 1.54) is 19.1 Å². The van der Waals surface area contributed by atoms with Crippen molar-refractivity contribution in [2.24, 2.45) is 5.41 Å². The molecule has 1 aliphatic rings. The number of sulfonamides is 1. The molecule has 4 nitrogen and oxygen atoms in total. The molecule has 1 saturated heterocycles. The summed E-state index contributed by atoms with van der Waals surface area (Å²) in [7, 11) is -3.20. The fourth-order valence-corrected chi connectivity index (χ4v) is 4.76. The van der Waals surface area contributed by atoms with E-state index in [2.05, 4.69) is 32.6 Å². The van der Waals surface area contributed by atoms with Crippen molar-refractivity contribution >= 4 is 10.0 Å². The summed E-state index contributed by atoms with van der Waals surface area (Å²) in [5.74, 6) is 0. The van der Waals surface area contributed by atoms with E-state index >= 15 is 0 Å². The molecule has 0 spiro atoms. The average Bonchev–Trinajstić information content (AvgIpc) is 2.31. The molecule has 0 aromatic carbocycles. The molecule has 0 aromatic heterocycles. The topological polar surface area (TPSA) is 40.6 Å². The number of piperidine rings is 1. The van der Waals surface area contributed by atoms with Crippen LogP contribution < -0.4 is 0 Å². The van der Waals surface area contributed by atoms with Gasteiger partial charge in [0.2, 0.25) is 10.0 Å². The van der Waals surface area contributed by atoms with Gasteiger partial charge in [-0.05, 0) is 52.5 Å². The van der Waals surface area contributed by atoms with Gasteiger partial charge in [-0.2, -0.15) is 4.31 Å². The maximum absolute atomic E-state index is 12.2. The standard InChI is InChI=1S/C17H36N2O2S/c1-14(16(2,3)4)18-12-10-9-11-15(18)13-19(17(5,6)7)22(8,20)21/h14-15H,9-13H2,1-8H3. The fourth-order valence-electron chi connectivity index (χ4n) is 3.32. The SMILES string of the molecule is CC(N1CCCCC1CN(C(C)(C)C)S(C)(=O)=O)C(C)(C)C. The van der Waals surface area contributed by atoms with E-state index in [9.17, 15) is 8.42 Å². The summed E-state index contributed by atoms with van der Waals surface area (Å²) >= 11 is 0. The molecule has 0 aliphatic carbocycles. The van der Waals surface area contributed by atoms with Crippen molar-refractivity contribution in [2.75, 3.05) is 19.3 Å². The number of likely N-dealkylation sites (tertiary alicyclic amines) is 1. The zero-order valence-electron chi connectivity index (χ0n) is 15.8. The molecule has 1 rings (SSSR count). The molecular weight excluding hydrogens is 296 g/mol. The van der Waals surface area contributed by atoms with E-state index in [1.54, 1.807) is 4.31 Å². The first-order valence-electron chi connectivity index (χ1n) is 8.48. The normalized spacial score (nSPS) is 23.8. The lowest BCUT2D eigenvalue weighted by Gasteiger charge is -2.47. The van der Waals surface area contributed by atoms with Crippen molar-refractivity contribution in [1.82, 2.24) is 9.21 Å². The molecule has 1 heterocycles. The molecule has 1 fully saturated rings. The van der Waals surface area contributed by atoms with Gasteiger partial charge in [0.15, 0.2) is 0 Å². The van der Waals surface area contributed by atoms with E-state index in [1.807, 2.05) is 20.8 Å². The molecule has 2 unspecified atom stereocenters. The summed E-state index contributed by atoms with van der Waals surface area (Å²) in [6.45, 7) is 16.7. The minimum Gasteiger partial charge on any atom is -0.296 e. The third-order valence-corrected chi connectivity index (χ3v) is 6.45. The Morgan fingerprint density at radius 3 is 2.09 bits per heavy atom. The van der Waals surface area contributed by atoms with Crippen molar-refractivity contribution in [2.45, 2.75) is 85.4 Å². The summed E-state index contributed by atoms with van der Waals surface area (Å²) < 4.78 is 26.1. The van der Waals surface area contributed by atoms with Gasteiger partial charge >= 0.3 is 0 Å². The first kappa shape index (κ1) is 19.9. The van der Waals surface area contributed by atoms with Crippen LogP contribution in [-0.2, 0) is 10.0 Å². The second-order valence-electron chi connectivity index (χ2n) is 8.89. The van der Waals surface area contributed by atoms with Gasteiger partial charge in [0.25, 0.3) is 0 Å². The lowest BCUT2D eigenvalue weighted by molar-refractivity contribution is 0.0285. The molecule has 1 aliphatic heterocycles. The highest BCUT2D eigenvalue weighted by Crippen LogP contribution is 2.31. The lowest BCUT2D eigenvalue weighted by Crippen LogP contribution is -2.57. The molecule has 132 valence electrons. The van der Waals surface area contributed by atoms with Crippen molar-refractivity contribution in [1.29, 1.82) is 0 Å². The second-order valence-corrected chi connectivity index (χ2v) is 10.8. The van der Waals surface area contributed by atoms with Crippen LogP contribution >= 0.6 is 0 Å². The van der Waals surface area contributed by atoms with Crippen molar-refractivity contribution in [3.8, 4) is 0 Å². The van der Waals surface area contributed by atoms with E-state index < -0.39 is 10.0 Å². The van der Waals surface area contributed by atoms with E-state index in [-0.39, 0.29) is 11.0 Å². The van der Waals surface area contributed by atoms with E-state index in [4.69, 9.17) is 0 Å². The molecular formula is C17H36N2O2S. The van der Waals surface area contributed by atoms with E-state index in [0.717, 1.165) is 13.0 Å². The molecule has 0 amide bonds. The summed E-state index contributed by atoms with van der Waals surface area (Å²) in [5.41, 5.74) is -0.172. The summed E-state index contributed by atoms with van der Waals surface area (Å²) in [6.07, 6.45) is 4.83. The lowest BCUT2D eigenvalue weighted by atomic mass is 9.84. The van der Waals surface area contributed by atoms with E-state index in [0.29, 0.717) is 18.6 Å². The zero-order chi connectivity index (χ0) is 17.3. The van der Waals surface area contributed by atoms with Crippen LogP contribution in [-0.4, -0.2) is 54.6 Å². The first-order valence-corrected chi connectivity index (χ1v) is 10.3. The molecule has 22 heavy (non-hydrogen) atoms. The third kappa shape index (κ3) is 5.20. The van der Waals surface area contributed by atoms with Crippen molar-refractivity contribution < 1.29 is 8.42 Å². The van der Waals surface area contributed by atoms with Crippen LogP contribution in [0.3, 0.4) is 0 Å². The van der Waals surface area contributed by atoms with Gasteiger partial charge in [0.1, 0.15) is 0 Å². The highest BCUT2D eigenvalue weighted by atomic mass is 32.2. The van der Waals surface area contributed by atoms with Crippen LogP contribution in [0.4, 0.5) is 0 Å². The Hall–Kier alpha value is -0.130. The zero-order valence-corrected chi connectivity index (χ0v) is 16.6. The minimum absolute atomic E-state index is 0.202. The van der Waals surface area contributed by atoms with Crippen LogP contribution in [0.2, 0.25) is 0 Å². The molecule has 0 N–H and O–H groups in total. The summed E-state index contributed by atoms with van der Waals surface area (Å²) in [6, 6.07) is 0.760. The molecule has 0 radical (unpaired) electrons. The number of rotatable bonds is 4. The molecule has 0 aromatic rings. The Morgan fingerprint density at radius 2 is 1.68 bits per heavy atom. The van der Waals surface area contributed by atoms with Crippen molar-refractivity contribution in [3.63, 3.8) is 0 Å². The quantitative estimate of drug-likeness (QED) is 0.793. The Labute approximate surface area is 138 Å². The van der Waals surface area contributed by atoms with Gasteiger partial charge in [-0.25, -0.2) is 8.42 Å². The highest BCUT2D eigenvalue weighted by molar-refractivity contribution is 7.88. The molecule has 0 bridgehead atoms. The highest BCUT2D eigenvalue weighted by Gasteiger charge is 2.37. The third-order valence-electron chi connectivity index (χ3n) is 4.95. The Bertz CT molecular complexity index is 460. The fraction of sp³-hybridized carbons (Fsp3) is 1.00. The number of nitrogens with zero attached hydrogens (tertiary/aromatic N) is 2. The Morgan fingerprint density at radius 1 is 1.14 bits per heavy atom. The monoisotopic (exact) mass is 332 g/mol. The smallest absolute Gasteiger partial charge is 0.211 e. The molecule has 5 heteroatoms. The molecule has 0 saturated carbocycles. The summed E-state index contributed by atoms with van der Waals surface area (Å²) in [4.78, 5) is 2.54. The maximum atomic E-state index is 12.2. The van der Waals surface area contributed by atoms with Gasteiger partial charge in [-0.1, -0.05) is 27.2 Å². The van der Waals surface area contributed by atoms with Crippen LogP contribution in [0.1, 0.15) is 67.7 Å². The average molecular weight is 333 g/mol. The minimum atomic E-state index is -3.20.